The number of hydrogen-bond donors (Lipinski definition) is 3. The molecule has 102 valence electrons. The Labute approximate surface area is 124 Å². The van der Waals surface area contributed by atoms with E-state index in [0.717, 1.165) is 15.7 Å². The van der Waals surface area contributed by atoms with Crippen LogP contribution in [0.1, 0.15) is 5.56 Å². The van der Waals surface area contributed by atoms with Gasteiger partial charge in [0.05, 0.1) is 0 Å². The Kier molecular flexibility index (Phi) is 4.53. The molecular weight excluding hydrogens is 266 g/mol. The molecule has 3 aromatic rings. The van der Waals surface area contributed by atoms with Gasteiger partial charge in [-0.1, -0.05) is 29.8 Å². The van der Waals surface area contributed by atoms with Crippen molar-refractivity contribution in [1.82, 2.24) is 0 Å². The summed E-state index contributed by atoms with van der Waals surface area (Å²) < 4.78 is 0. The van der Waals surface area contributed by atoms with E-state index in [1.165, 1.54) is 5.56 Å². The number of aryl methyl sites for hydroxylation is 1. The van der Waals surface area contributed by atoms with Crippen molar-refractivity contribution in [3.63, 3.8) is 0 Å². The molecule has 2 nitrogen and oxygen atoms in total. The lowest BCUT2D eigenvalue weighted by Gasteiger charge is -2.00. The molecule has 0 spiro atoms. The summed E-state index contributed by atoms with van der Waals surface area (Å²) in [5, 5.41) is 11.2. The van der Waals surface area contributed by atoms with Crippen molar-refractivity contribution in [2.45, 2.75) is 11.8 Å². The number of nitrogen functional groups attached to an aromatic ring is 1. The minimum absolute atomic E-state index is 0.299. The predicted octanol–water partition coefficient (Wildman–Crippen LogP) is 4.41. The van der Waals surface area contributed by atoms with Crippen LogP contribution in [0.4, 0.5) is 5.69 Å². The molecule has 3 heteroatoms. The van der Waals surface area contributed by atoms with Gasteiger partial charge >= 0.3 is 0 Å². The lowest BCUT2D eigenvalue weighted by molar-refractivity contribution is 0.481. The second-order valence-electron chi connectivity index (χ2n) is 4.59. The number of nitrogens with two attached hydrogens (primary N) is 1. The number of phenols is 1. The van der Waals surface area contributed by atoms with E-state index in [1.54, 1.807) is 18.2 Å². The maximum absolute atomic E-state index is 9.42. The fraction of sp³-hybridized carbons (Fsp3) is 0.0588. The topological polar surface area (TPSA) is 46.2 Å². The van der Waals surface area contributed by atoms with Gasteiger partial charge in [-0.25, -0.2) is 0 Å². The van der Waals surface area contributed by atoms with Crippen LogP contribution in [0.15, 0.2) is 65.6 Å². The van der Waals surface area contributed by atoms with Gasteiger partial charge in [-0.3, -0.25) is 0 Å². The maximum Gasteiger partial charge on any atom is 0.123 e. The Morgan fingerprint density at radius 1 is 0.950 bits per heavy atom. The zero-order valence-corrected chi connectivity index (χ0v) is 12.1. The number of thiol groups is 1. The summed E-state index contributed by atoms with van der Waals surface area (Å²) in [5.41, 5.74) is 7.59. The molecule has 3 N–H and O–H groups in total. The van der Waals surface area contributed by atoms with Gasteiger partial charge in [0, 0.05) is 16.0 Å². The fourth-order valence-corrected chi connectivity index (χ4v) is 1.98. The van der Waals surface area contributed by atoms with Crippen LogP contribution in [0, 0.1) is 6.92 Å². The zero-order chi connectivity index (χ0) is 14.5. The van der Waals surface area contributed by atoms with Gasteiger partial charge in [0.1, 0.15) is 5.75 Å². The third-order valence-electron chi connectivity index (χ3n) is 2.92. The number of benzene rings is 3. The number of hydrogen-bond acceptors (Lipinski definition) is 3. The second kappa shape index (κ2) is 6.35. The van der Waals surface area contributed by atoms with Crippen LogP contribution in [0.25, 0.3) is 10.8 Å². The van der Waals surface area contributed by atoms with Crippen molar-refractivity contribution in [3.8, 4) is 5.75 Å². The summed E-state index contributed by atoms with van der Waals surface area (Å²) in [4.78, 5) is 1.02. The molecule has 0 radical (unpaired) electrons. The van der Waals surface area contributed by atoms with Crippen molar-refractivity contribution in [2.75, 3.05) is 5.73 Å². The van der Waals surface area contributed by atoms with Crippen molar-refractivity contribution in [2.24, 2.45) is 0 Å². The molecule has 0 fully saturated rings. The molecule has 0 saturated carbocycles. The molecule has 0 heterocycles. The van der Waals surface area contributed by atoms with Crippen LogP contribution < -0.4 is 5.73 Å². The molecule has 0 bridgehead atoms. The molecule has 0 aliphatic carbocycles. The van der Waals surface area contributed by atoms with Crippen LogP contribution in [0.3, 0.4) is 0 Å². The highest BCUT2D eigenvalue weighted by Crippen LogP contribution is 2.25. The van der Waals surface area contributed by atoms with Crippen molar-refractivity contribution in [3.05, 3.63) is 66.2 Å². The monoisotopic (exact) mass is 283 g/mol. The third-order valence-corrected chi connectivity index (χ3v) is 3.21. The lowest BCUT2D eigenvalue weighted by Crippen LogP contribution is -1.83. The molecule has 0 aliphatic heterocycles. The molecule has 0 aliphatic rings. The minimum Gasteiger partial charge on any atom is -0.507 e. The highest BCUT2D eigenvalue weighted by molar-refractivity contribution is 7.80. The first-order valence-electron chi connectivity index (χ1n) is 6.29. The van der Waals surface area contributed by atoms with E-state index in [-0.39, 0.29) is 0 Å². The van der Waals surface area contributed by atoms with E-state index >= 15 is 0 Å². The molecule has 0 atom stereocenters. The van der Waals surface area contributed by atoms with Crippen molar-refractivity contribution < 1.29 is 5.11 Å². The standard InChI is InChI=1S/C10H9NO.C7H8S/c11-8-4-5-9-7(6-8)2-1-3-10(9)12;1-6-2-4-7(8)5-3-6/h1-6,12H,11H2;2-5,8H,1H3. The number of aromatic hydroxyl groups is 1. The van der Waals surface area contributed by atoms with Crippen LogP contribution in [-0.2, 0) is 0 Å². The van der Waals surface area contributed by atoms with E-state index in [9.17, 15) is 5.11 Å². The Bertz CT molecular complexity index is 687. The molecule has 0 amide bonds. The Morgan fingerprint density at radius 3 is 2.30 bits per heavy atom. The molecule has 0 aromatic heterocycles. The first-order chi connectivity index (χ1) is 9.56. The number of fused-ring (bicyclic) bond motifs is 1. The van der Waals surface area contributed by atoms with Crippen LogP contribution in [-0.4, -0.2) is 5.11 Å². The van der Waals surface area contributed by atoms with Gasteiger partial charge in [-0.05, 0) is 48.7 Å². The fourth-order valence-electron chi connectivity index (χ4n) is 1.83. The van der Waals surface area contributed by atoms with Gasteiger partial charge in [-0.15, -0.1) is 12.6 Å². The van der Waals surface area contributed by atoms with Gasteiger partial charge in [0.15, 0.2) is 0 Å². The van der Waals surface area contributed by atoms with Crippen molar-refractivity contribution in [1.29, 1.82) is 0 Å². The van der Waals surface area contributed by atoms with Crippen LogP contribution in [0.2, 0.25) is 0 Å². The van der Waals surface area contributed by atoms with Gasteiger partial charge in [0.2, 0.25) is 0 Å². The van der Waals surface area contributed by atoms with Gasteiger partial charge in [-0.2, -0.15) is 0 Å². The predicted molar refractivity (Wildman–Crippen MR) is 88.5 cm³/mol. The van der Waals surface area contributed by atoms with Gasteiger partial charge < -0.3 is 10.8 Å². The number of anilines is 1. The first-order valence-corrected chi connectivity index (χ1v) is 6.74. The van der Waals surface area contributed by atoms with Gasteiger partial charge in [0.25, 0.3) is 0 Å². The summed E-state index contributed by atoms with van der Waals surface area (Å²) in [5.74, 6) is 0.299. The van der Waals surface area contributed by atoms with Crippen molar-refractivity contribution >= 4 is 29.1 Å². The average molecular weight is 283 g/mol. The molecule has 0 saturated heterocycles. The van der Waals surface area contributed by atoms with E-state index in [1.807, 2.05) is 42.5 Å². The Morgan fingerprint density at radius 2 is 1.65 bits per heavy atom. The molecule has 0 unspecified atom stereocenters. The molecule has 3 rings (SSSR count). The molecular formula is C17H17NOS. The Hall–Kier alpha value is -2.13. The zero-order valence-electron chi connectivity index (χ0n) is 11.2. The number of rotatable bonds is 0. The first kappa shape index (κ1) is 14.3. The van der Waals surface area contributed by atoms with E-state index in [0.29, 0.717) is 11.4 Å². The SMILES string of the molecule is Cc1ccc(S)cc1.Nc1ccc2c(O)cccc2c1. The number of phenolic OH excluding ortho intramolecular Hbond substituents is 1. The summed E-state index contributed by atoms with van der Waals surface area (Å²) in [6.45, 7) is 2.06. The quantitative estimate of drug-likeness (QED) is 0.423. The highest BCUT2D eigenvalue weighted by Gasteiger charge is 1.97. The summed E-state index contributed by atoms with van der Waals surface area (Å²) in [7, 11) is 0. The molecule has 3 aromatic carbocycles. The largest absolute Gasteiger partial charge is 0.507 e. The highest BCUT2D eigenvalue weighted by atomic mass is 32.1. The third kappa shape index (κ3) is 3.68. The maximum atomic E-state index is 9.42. The van der Waals surface area contributed by atoms with Crippen LogP contribution in [0.5, 0.6) is 5.75 Å². The smallest absolute Gasteiger partial charge is 0.123 e. The second-order valence-corrected chi connectivity index (χ2v) is 5.11. The average Bonchev–Trinajstić information content (AvgIpc) is 2.43. The van der Waals surface area contributed by atoms with E-state index < -0.39 is 0 Å². The van der Waals surface area contributed by atoms with Crippen LogP contribution >= 0.6 is 12.6 Å². The van der Waals surface area contributed by atoms with E-state index in [4.69, 9.17) is 5.73 Å². The Balaban J connectivity index is 0.000000160. The summed E-state index contributed by atoms with van der Waals surface area (Å²) >= 11 is 4.13. The lowest BCUT2D eigenvalue weighted by atomic mass is 10.1. The molecule has 20 heavy (non-hydrogen) atoms. The summed E-state index contributed by atoms with van der Waals surface area (Å²) in [6, 6.07) is 18.9. The van der Waals surface area contributed by atoms with E-state index in [2.05, 4.69) is 19.6 Å². The minimum atomic E-state index is 0.299. The summed E-state index contributed by atoms with van der Waals surface area (Å²) in [6.07, 6.45) is 0. The normalized spacial score (nSPS) is 9.90.